The van der Waals surface area contributed by atoms with Gasteiger partial charge in [0.15, 0.2) is 5.75 Å². The maximum atomic E-state index is 13.5. The highest BCUT2D eigenvalue weighted by atomic mass is 28.4. The summed E-state index contributed by atoms with van der Waals surface area (Å²) in [6.07, 6.45) is 0. The van der Waals surface area contributed by atoms with Crippen LogP contribution in [0.15, 0.2) is 18.2 Å². The normalized spacial score (nSPS) is 14.2. The Hall–Kier alpha value is -1.06. The Morgan fingerprint density at radius 3 is 1.47 bits per heavy atom. The molecule has 0 fully saturated rings. The van der Waals surface area contributed by atoms with E-state index in [1.54, 1.807) is 0 Å². The van der Waals surface area contributed by atoms with E-state index in [4.69, 9.17) is 13.3 Å². The van der Waals surface area contributed by atoms with Crippen LogP contribution < -0.4 is 8.85 Å². The molecule has 1 aromatic rings. The van der Waals surface area contributed by atoms with E-state index >= 15 is 0 Å². The molecule has 0 spiro atoms. The Labute approximate surface area is 200 Å². The largest absolute Gasteiger partial charge is 0.541 e. The first-order valence-corrected chi connectivity index (χ1v) is 20.4. The van der Waals surface area contributed by atoms with Crippen LogP contribution in [0.25, 0.3) is 0 Å². The van der Waals surface area contributed by atoms with Crippen molar-refractivity contribution >= 4 is 30.9 Å². The van der Waals surface area contributed by atoms with E-state index in [-0.39, 0.29) is 21.1 Å². The molecule has 0 amide bonds. The number of benzene rings is 1. The highest BCUT2D eigenvalue weighted by Crippen LogP contribution is 2.45. The average Bonchev–Trinajstić information content (AvgIpc) is 2.52. The summed E-state index contributed by atoms with van der Waals surface area (Å²) in [6, 6.07) is 5.63. The molecule has 0 aliphatic carbocycles. The van der Waals surface area contributed by atoms with Crippen molar-refractivity contribution in [2.75, 3.05) is 0 Å². The van der Waals surface area contributed by atoms with Gasteiger partial charge in [-0.05, 0) is 66.5 Å². The highest BCUT2D eigenvalue weighted by molar-refractivity contribution is 6.76. The first-order chi connectivity index (χ1) is 13.9. The topological polar surface area (TPSA) is 44.8 Å². The fourth-order valence-corrected chi connectivity index (χ4v) is 5.06. The number of carbonyl (C=O) groups excluding carboxylic acids is 1. The van der Waals surface area contributed by atoms with Gasteiger partial charge in [-0.25, -0.2) is 4.79 Å². The van der Waals surface area contributed by atoms with Crippen LogP contribution in [0.4, 0.5) is 0 Å². The number of hydrogen-bond donors (Lipinski definition) is 0. The minimum Gasteiger partial charge on any atom is -0.541 e. The Kier molecular flexibility index (Phi) is 8.10. The molecule has 4 nitrogen and oxygen atoms in total. The molecule has 0 aromatic heterocycles. The summed E-state index contributed by atoms with van der Waals surface area (Å²) < 4.78 is 19.6. The third-order valence-corrected chi connectivity index (χ3v) is 20.7. The molecule has 0 saturated carbocycles. The van der Waals surface area contributed by atoms with Crippen molar-refractivity contribution in [3.63, 3.8) is 0 Å². The van der Waals surface area contributed by atoms with Crippen LogP contribution >= 0.6 is 0 Å². The van der Waals surface area contributed by atoms with E-state index in [1.807, 2.05) is 18.2 Å². The lowest BCUT2D eigenvalue weighted by Crippen LogP contribution is -2.46. The van der Waals surface area contributed by atoms with Crippen molar-refractivity contribution in [1.29, 1.82) is 0 Å². The van der Waals surface area contributed by atoms with E-state index in [0.29, 0.717) is 17.1 Å². The standard InChI is InChI=1S/C25H48O4Si3/c1-23(2,3)30(10,11)27-20-18-16-17-19(21(20)28-31(12,13)24(4,5)6)22(26)29-32(14,15)25(7,8)9/h16-18H,1-15H3. The lowest BCUT2D eigenvalue weighted by atomic mass is 10.2. The average molecular weight is 497 g/mol. The van der Waals surface area contributed by atoms with Crippen LogP contribution in [0.3, 0.4) is 0 Å². The predicted molar refractivity (Wildman–Crippen MR) is 145 cm³/mol. The van der Waals surface area contributed by atoms with Gasteiger partial charge in [0.05, 0.1) is 0 Å². The summed E-state index contributed by atoms with van der Waals surface area (Å²) in [5.41, 5.74) is 0.468. The Morgan fingerprint density at radius 1 is 0.656 bits per heavy atom. The van der Waals surface area contributed by atoms with E-state index in [1.165, 1.54) is 0 Å². The molecular formula is C25H48O4Si3. The second-order valence-corrected chi connectivity index (χ2v) is 27.7. The fourth-order valence-electron chi connectivity index (χ4n) is 2.14. The Bertz CT molecular complexity index is 823. The molecule has 0 saturated heterocycles. The molecule has 1 rings (SSSR count). The van der Waals surface area contributed by atoms with E-state index in [9.17, 15) is 4.79 Å². The van der Waals surface area contributed by atoms with E-state index in [0.717, 1.165) is 0 Å². The van der Waals surface area contributed by atoms with Gasteiger partial charge < -0.3 is 13.3 Å². The van der Waals surface area contributed by atoms with Crippen molar-refractivity contribution in [3.05, 3.63) is 23.8 Å². The summed E-state index contributed by atoms with van der Waals surface area (Å²) >= 11 is 0. The number of carbonyl (C=O) groups is 1. The quantitative estimate of drug-likeness (QED) is 0.370. The molecule has 0 aliphatic rings. The van der Waals surface area contributed by atoms with Gasteiger partial charge in [-0.2, -0.15) is 0 Å². The lowest BCUT2D eigenvalue weighted by molar-refractivity contribution is 0.0710. The number of hydrogen-bond acceptors (Lipinski definition) is 4. The SMILES string of the molecule is CC(C)(C)[Si](C)(C)OC(=O)c1cccc(O[Si](C)(C)C(C)(C)C)c1O[Si](C)(C)C(C)(C)C. The maximum absolute atomic E-state index is 13.5. The molecule has 32 heavy (non-hydrogen) atoms. The van der Waals surface area contributed by atoms with Gasteiger partial charge in [0.2, 0.25) is 0 Å². The minimum absolute atomic E-state index is 0.0162. The third-order valence-electron chi connectivity index (χ3n) is 7.69. The van der Waals surface area contributed by atoms with Gasteiger partial charge in [-0.3, -0.25) is 0 Å². The molecular weight excluding hydrogens is 449 g/mol. The van der Waals surface area contributed by atoms with Gasteiger partial charge in [0.25, 0.3) is 25.0 Å². The molecule has 7 heteroatoms. The molecule has 0 heterocycles. The second-order valence-electron chi connectivity index (χ2n) is 13.5. The first-order valence-electron chi connectivity index (χ1n) is 11.7. The van der Waals surface area contributed by atoms with Crippen molar-refractivity contribution in [2.24, 2.45) is 0 Å². The van der Waals surface area contributed by atoms with Crippen LogP contribution in [0.1, 0.15) is 72.7 Å². The highest BCUT2D eigenvalue weighted by Gasteiger charge is 2.44. The van der Waals surface area contributed by atoms with E-state index in [2.05, 4.69) is 102 Å². The van der Waals surface area contributed by atoms with Crippen molar-refractivity contribution in [2.45, 2.75) is 117 Å². The van der Waals surface area contributed by atoms with Crippen LogP contribution in [0, 0.1) is 0 Å². The zero-order chi connectivity index (χ0) is 25.6. The number of para-hydroxylation sites is 1. The number of rotatable bonds is 6. The van der Waals surface area contributed by atoms with Crippen LogP contribution in [0.2, 0.25) is 54.4 Å². The molecule has 0 radical (unpaired) electrons. The zero-order valence-electron chi connectivity index (χ0n) is 23.4. The van der Waals surface area contributed by atoms with Gasteiger partial charge in [0.1, 0.15) is 11.3 Å². The molecule has 0 unspecified atom stereocenters. The van der Waals surface area contributed by atoms with Gasteiger partial charge in [0, 0.05) is 0 Å². The minimum atomic E-state index is -2.29. The molecule has 0 aliphatic heterocycles. The molecule has 0 bridgehead atoms. The maximum Gasteiger partial charge on any atom is 0.328 e. The van der Waals surface area contributed by atoms with Gasteiger partial charge in [-0.1, -0.05) is 68.4 Å². The van der Waals surface area contributed by atoms with Crippen molar-refractivity contribution < 1.29 is 18.1 Å². The zero-order valence-corrected chi connectivity index (χ0v) is 26.4. The fraction of sp³-hybridized carbons (Fsp3) is 0.720. The molecule has 184 valence electrons. The summed E-state index contributed by atoms with van der Waals surface area (Å²) in [6.45, 7) is 32.6. The van der Waals surface area contributed by atoms with Crippen molar-refractivity contribution in [3.8, 4) is 11.5 Å². The smallest absolute Gasteiger partial charge is 0.328 e. The van der Waals surface area contributed by atoms with Gasteiger partial charge >= 0.3 is 5.97 Å². The summed E-state index contributed by atoms with van der Waals surface area (Å²) in [4.78, 5) is 13.5. The molecule has 1 aromatic carbocycles. The predicted octanol–water partition coefficient (Wildman–Crippen LogP) is 8.62. The summed E-state index contributed by atoms with van der Waals surface area (Å²) in [7, 11) is -6.66. The van der Waals surface area contributed by atoms with Crippen molar-refractivity contribution in [1.82, 2.24) is 0 Å². The van der Waals surface area contributed by atoms with Gasteiger partial charge in [-0.15, -0.1) is 0 Å². The lowest BCUT2D eigenvalue weighted by Gasteiger charge is -2.40. The monoisotopic (exact) mass is 496 g/mol. The summed E-state index contributed by atoms with van der Waals surface area (Å²) in [5.74, 6) is 0.893. The first kappa shape index (κ1) is 29.0. The molecule has 0 N–H and O–H groups in total. The van der Waals surface area contributed by atoms with Crippen LogP contribution in [-0.4, -0.2) is 30.9 Å². The van der Waals surface area contributed by atoms with Crippen LogP contribution in [0.5, 0.6) is 11.5 Å². The summed E-state index contributed by atoms with van der Waals surface area (Å²) in [5, 5.41) is -0.0606. The molecule has 0 atom stereocenters. The second kappa shape index (κ2) is 8.95. The van der Waals surface area contributed by atoms with Crippen LogP contribution in [-0.2, 0) is 4.43 Å². The Morgan fingerprint density at radius 2 is 1.06 bits per heavy atom. The Balaban J connectivity index is 3.63. The third kappa shape index (κ3) is 6.50. The van der Waals surface area contributed by atoms with E-state index < -0.39 is 25.0 Å².